The number of carboxylic acids is 1. The zero-order valence-corrected chi connectivity index (χ0v) is 9.35. The summed E-state index contributed by atoms with van der Waals surface area (Å²) in [6, 6.07) is 7.64. The number of benzene rings is 1. The Labute approximate surface area is 95.4 Å². The molecule has 0 spiro atoms. The molecule has 3 heteroatoms. The molecular weight excluding hydrogens is 204 g/mol. The lowest BCUT2D eigenvalue weighted by Gasteiger charge is -2.02. The Morgan fingerprint density at radius 2 is 2.06 bits per heavy atom. The number of aliphatic carboxylic acids is 1. The van der Waals surface area contributed by atoms with E-state index in [0.29, 0.717) is 6.61 Å². The Hall–Kier alpha value is -1.61. The predicted molar refractivity (Wildman–Crippen MR) is 63.1 cm³/mol. The van der Waals surface area contributed by atoms with Crippen LogP contribution in [0.2, 0.25) is 0 Å². The molecule has 0 fully saturated rings. The van der Waals surface area contributed by atoms with E-state index >= 15 is 0 Å². The van der Waals surface area contributed by atoms with Gasteiger partial charge in [0.25, 0.3) is 0 Å². The molecular formula is C13H16O3. The monoisotopic (exact) mass is 220 g/mol. The van der Waals surface area contributed by atoms with E-state index in [1.165, 1.54) is 0 Å². The Kier molecular flexibility index (Phi) is 5.29. The summed E-state index contributed by atoms with van der Waals surface area (Å²) in [7, 11) is 0. The smallest absolute Gasteiger partial charge is 0.328 e. The van der Waals surface area contributed by atoms with Gasteiger partial charge in [0.2, 0.25) is 0 Å². The minimum Gasteiger partial charge on any atom is -0.478 e. The molecule has 0 radical (unpaired) electrons. The third kappa shape index (κ3) is 4.75. The zero-order valence-electron chi connectivity index (χ0n) is 9.35. The average Bonchev–Trinajstić information content (AvgIpc) is 2.28. The highest BCUT2D eigenvalue weighted by molar-refractivity contribution is 5.85. The van der Waals surface area contributed by atoms with E-state index < -0.39 is 5.97 Å². The van der Waals surface area contributed by atoms with Crippen molar-refractivity contribution in [2.45, 2.75) is 20.0 Å². The first-order chi connectivity index (χ1) is 7.72. The van der Waals surface area contributed by atoms with Crippen LogP contribution in [-0.2, 0) is 16.1 Å². The second-order valence-electron chi connectivity index (χ2n) is 3.47. The fraction of sp³-hybridized carbons (Fsp3) is 0.308. The summed E-state index contributed by atoms with van der Waals surface area (Å²) in [5.74, 6) is -0.935. The number of carbonyl (C=O) groups is 1. The van der Waals surface area contributed by atoms with Crippen LogP contribution in [0.15, 0.2) is 30.3 Å². The second kappa shape index (κ2) is 6.80. The molecule has 1 aromatic rings. The first-order valence-corrected chi connectivity index (χ1v) is 5.30. The van der Waals surface area contributed by atoms with Gasteiger partial charge < -0.3 is 9.84 Å². The van der Waals surface area contributed by atoms with Crippen LogP contribution in [0.5, 0.6) is 0 Å². The van der Waals surface area contributed by atoms with E-state index in [1.807, 2.05) is 24.3 Å². The molecule has 0 unspecified atom stereocenters. The van der Waals surface area contributed by atoms with Crippen molar-refractivity contribution < 1.29 is 14.6 Å². The molecule has 0 heterocycles. The Morgan fingerprint density at radius 3 is 2.62 bits per heavy atom. The average molecular weight is 220 g/mol. The van der Waals surface area contributed by atoms with Gasteiger partial charge in [0, 0.05) is 12.7 Å². The molecule has 0 aliphatic heterocycles. The zero-order chi connectivity index (χ0) is 11.8. The number of ether oxygens (including phenoxy) is 1. The van der Waals surface area contributed by atoms with Crippen molar-refractivity contribution in [3.8, 4) is 0 Å². The first kappa shape index (κ1) is 12.5. The van der Waals surface area contributed by atoms with Crippen molar-refractivity contribution >= 4 is 12.0 Å². The second-order valence-corrected chi connectivity index (χ2v) is 3.47. The topological polar surface area (TPSA) is 46.5 Å². The highest BCUT2D eigenvalue weighted by atomic mass is 16.5. The fourth-order valence-corrected chi connectivity index (χ4v) is 1.23. The van der Waals surface area contributed by atoms with E-state index in [0.717, 1.165) is 30.2 Å². The van der Waals surface area contributed by atoms with Crippen LogP contribution in [0.1, 0.15) is 24.5 Å². The molecule has 0 bridgehead atoms. The lowest BCUT2D eigenvalue weighted by atomic mass is 10.1. The molecule has 1 rings (SSSR count). The molecule has 1 aromatic carbocycles. The minimum atomic E-state index is -0.935. The van der Waals surface area contributed by atoms with Crippen LogP contribution in [0.4, 0.5) is 0 Å². The van der Waals surface area contributed by atoms with Gasteiger partial charge in [-0.2, -0.15) is 0 Å². The summed E-state index contributed by atoms with van der Waals surface area (Å²) < 4.78 is 5.39. The number of hydrogen-bond acceptors (Lipinski definition) is 2. The lowest BCUT2D eigenvalue weighted by molar-refractivity contribution is -0.131. The van der Waals surface area contributed by atoms with Crippen LogP contribution < -0.4 is 0 Å². The number of carboxylic acid groups (broad SMARTS) is 1. The van der Waals surface area contributed by atoms with Crippen LogP contribution in [0.25, 0.3) is 6.08 Å². The van der Waals surface area contributed by atoms with Crippen LogP contribution in [-0.4, -0.2) is 17.7 Å². The summed E-state index contributed by atoms with van der Waals surface area (Å²) in [6.45, 7) is 3.44. The van der Waals surface area contributed by atoms with Gasteiger partial charge in [0.05, 0.1) is 6.61 Å². The van der Waals surface area contributed by atoms with E-state index in [1.54, 1.807) is 6.08 Å². The maximum Gasteiger partial charge on any atom is 0.328 e. The van der Waals surface area contributed by atoms with Crippen molar-refractivity contribution in [3.05, 3.63) is 41.5 Å². The van der Waals surface area contributed by atoms with E-state index in [-0.39, 0.29) is 0 Å². The lowest BCUT2D eigenvalue weighted by Crippen LogP contribution is -1.93. The molecule has 16 heavy (non-hydrogen) atoms. The summed E-state index contributed by atoms with van der Waals surface area (Å²) in [4.78, 5) is 10.3. The normalized spacial score (nSPS) is 10.8. The fourth-order valence-electron chi connectivity index (χ4n) is 1.23. The van der Waals surface area contributed by atoms with E-state index in [2.05, 4.69) is 6.92 Å². The molecule has 1 N–H and O–H groups in total. The highest BCUT2D eigenvalue weighted by Crippen LogP contribution is 2.07. The van der Waals surface area contributed by atoms with Gasteiger partial charge in [0.1, 0.15) is 0 Å². The van der Waals surface area contributed by atoms with E-state index in [9.17, 15) is 4.79 Å². The molecule has 0 amide bonds. The van der Waals surface area contributed by atoms with E-state index in [4.69, 9.17) is 9.84 Å². The van der Waals surface area contributed by atoms with Gasteiger partial charge in [-0.1, -0.05) is 31.2 Å². The molecule has 3 nitrogen and oxygen atoms in total. The van der Waals surface area contributed by atoms with Crippen LogP contribution in [0, 0.1) is 0 Å². The molecule has 0 aliphatic rings. The van der Waals surface area contributed by atoms with Gasteiger partial charge in [-0.25, -0.2) is 4.79 Å². The predicted octanol–water partition coefficient (Wildman–Crippen LogP) is 2.71. The summed E-state index contributed by atoms with van der Waals surface area (Å²) in [5.41, 5.74) is 1.97. The SMILES string of the molecule is CCCOCc1ccc(C=CC(=O)O)cc1. The quantitative estimate of drug-likeness (QED) is 0.592. The van der Waals surface area contributed by atoms with Crippen LogP contribution >= 0.6 is 0 Å². The summed E-state index contributed by atoms with van der Waals surface area (Å²) in [6.07, 6.45) is 3.71. The van der Waals surface area contributed by atoms with Crippen molar-refractivity contribution in [1.29, 1.82) is 0 Å². The Balaban J connectivity index is 2.51. The minimum absolute atomic E-state index is 0.608. The van der Waals surface area contributed by atoms with Crippen molar-refractivity contribution in [3.63, 3.8) is 0 Å². The molecule has 0 aliphatic carbocycles. The van der Waals surface area contributed by atoms with Gasteiger partial charge in [0.15, 0.2) is 0 Å². The standard InChI is InChI=1S/C13H16O3/c1-2-9-16-10-12-5-3-11(4-6-12)7-8-13(14)15/h3-8H,2,9-10H2,1H3,(H,14,15). The largest absolute Gasteiger partial charge is 0.478 e. The van der Waals surface area contributed by atoms with Crippen LogP contribution in [0.3, 0.4) is 0 Å². The Morgan fingerprint density at radius 1 is 1.38 bits per heavy atom. The summed E-state index contributed by atoms with van der Waals surface area (Å²) >= 11 is 0. The molecule has 0 saturated heterocycles. The third-order valence-electron chi connectivity index (χ3n) is 2.02. The van der Waals surface area contributed by atoms with Gasteiger partial charge in [-0.05, 0) is 23.6 Å². The maximum atomic E-state index is 10.3. The highest BCUT2D eigenvalue weighted by Gasteiger charge is 1.93. The number of hydrogen-bond donors (Lipinski definition) is 1. The molecule has 0 aromatic heterocycles. The van der Waals surface area contributed by atoms with Crippen molar-refractivity contribution in [2.24, 2.45) is 0 Å². The first-order valence-electron chi connectivity index (χ1n) is 5.30. The van der Waals surface area contributed by atoms with Crippen molar-refractivity contribution in [2.75, 3.05) is 6.61 Å². The van der Waals surface area contributed by atoms with Crippen molar-refractivity contribution in [1.82, 2.24) is 0 Å². The van der Waals surface area contributed by atoms with Gasteiger partial charge in [-0.3, -0.25) is 0 Å². The molecule has 86 valence electrons. The van der Waals surface area contributed by atoms with Gasteiger partial charge >= 0.3 is 5.97 Å². The maximum absolute atomic E-state index is 10.3. The van der Waals surface area contributed by atoms with Gasteiger partial charge in [-0.15, -0.1) is 0 Å². The summed E-state index contributed by atoms with van der Waals surface area (Å²) in [5, 5.41) is 8.47. The molecule has 0 saturated carbocycles. The Bertz CT molecular complexity index is 352. The molecule has 0 atom stereocenters. The number of rotatable bonds is 6. The third-order valence-corrected chi connectivity index (χ3v) is 2.02.